The van der Waals surface area contributed by atoms with Crippen molar-refractivity contribution in [3.63, 3.8) is 0 Å². The molecule has 5 rings (SSSR count). The molecule has 3 aromatic heterocycles. The van der Waals surface area contributed by atoms with E-state index < -0.39 is 0 Å². The van der Waals surface area contributed by atoms with Crippen molar-refractivity contribution in [1.82, 2.24) is 9.97 Å². The summed E-state index contributed by atoms with van der Waals surface area (Å²) in [6.07, 6.45) is 7.51. The zero-order valence-electron chi connectivity index (χ0n) is 13.9. The normalized spacial score (nSPS) is 11.4. The van der Waals surface area contributed by atoms with Crippen molar-refractivity contribution in [3.8, 4) is 0 Å². The first-order valence-corrected chi connectivity index (χ1v) is 10.4. The topological polar surface area (TPSA) is 25.8 Å². The molecule has 0 spiro atoms. The number of rotatable bonds is 3. The van der Waals surface area contributed by atoms with Crippen LogP contribution in [0.2, 0.25) is 0 Å². The number of thiophene rings is 1. The first-order chi connectivity index (χ1) is 12.9. The molecule has 0 aliphatic carbocycles. The van der Waals surface area contributed by atoms with E-state index in [1.807, 2.05) is 36.1 Å². The van der Waals surface area contributed by atoms with Crippen LogP contribution in [0.5, 0.6) is 0 Å². The maximum Gasteiger partial charge on any atom is 0.184 e. The van der Waals surface area contributed by atoms with E-state index in [2.05, 4.69) is 76.7 Å². The second kappa shape index (κ2) is 6.56. The van der Waals surface area contributed by atoms with Crippen LogP contribution in [0.4, 0.5) is 0 Å². The monoisotopic (exact) mass is 371 g/mol. The summed E-state index contributed by atoms with van der Waals surface area (Å²) >= 11 is 1.88. The van der Waals surface area contributed by atoms with Gasteiger partial charge in [-0.15, -0.1) is 11.3 Å². The summed E-state index contributed by atoms with van der Waals surface area (Å²) in [6, 6.07) is 23.8. The second-order valence-corrected chi connectivity index (χ2v) is 8.95. The van der Waals surface area contributed by atoms with Gasteiger partial charge in [0.15, 0.2) is 14.7 Å². The largest absolute Gasteiger partial charge is 0.264 e. The third kappa shape index (κ3) is 2.59. The third-order valence-corrected chi connectivity index (χ3v) is 7.98. The van der Waals surface area contributed by atoms with Crippen LogP contribution in [0.3, 0.4) is 0 Å². The Morgan fingerprint density at radius 2 is 1.23 bits per heavy atom. The van der Waals surface area contributed by atoms with Gasteiger partial charge in [-0.05, 0) is 12.1 Å². The van der Waals surface area contributed by atoms with Crippen LogP contribution in [0.25, 0.3) is 20.2 Å². The Hall–Kier alpha value is -2.69. The Labute approximate surface area is 158 Å². The number of hydrogen-bond donors (Lipinski definition) is 0. The molecule has 0 aliphatic rings. The van der Waals surface area contributed by atoms with Crippen molar-refractivity contribution in [2.24, 2.45) is 0 Å². The summed E-state index contributed by atoms with van der Waals surface area (Å²) in [6.45, 7) is 0. The maximum atomic E-state index is 4.21. The van der Waals surface area contributed by atoms with E-state index in [-0.39, 0.29) is 10.9 Å². The zero-order valence-corrected chi connectivity index (χ0v) is 15.5. The molecule has 26 heavy (non-hydrogen) atoms. The molecule has 0 radical (unpaired) electrons. The molecule has 5 aromatic rings. The number of nitrogens with zero attached hydrogens (tertiary/aromatic N) is 2. The van der Waals surface area contributed by atoms with E-state index >= 15 is 0 Å². The Kier molecular flexibility index (Phi) is 3.92. The van der Waals surface area contributed by atoms with E-state index in [1.54, 1.807) is 0 Å². The standard InChI is InChI=1S/C22H15N2S2/c1-2-6-20-18(4-1)19-5-3-7-21(22(19)25-20)26(16-8-12-23-13-9-16)17-10-14-24-15-11-17/h1-15H/q+1. The molecule has 0 N–H and O–H groups in total. The van der Waals surface area contributed by atoms with Gasteiger partial charge in [0.25, 0.3) is 0 Å². The fourth-order valence-electron chi connectivity index (χ4n) is 3.22. The number of hydrogen-bond acceptors (Lipinski definition) is 3. The summed E-state index contributed by atoms with van der Waals surface area (Å²) in [4.78, 5) is 12.3. The Balaban J connectivity index is 1.82. The molecule has 4 heteroatoms. The maximum absolute atomic E-state index is 4.21. The predicted octanol–water partition coefficient (Wildman–Crippen LogP) is 5.94. The van der Waals surface area contributed by atoms with Crippen molar-refractivity contribution in [2.75, 3.05) is 0 Å². The summed E-state index contributed by atoms with van der Waals surface area (Å²) in [7, 11) is -0.185. The smallest absolute Gasteiger partial charge is 0.184 e. The summed E-state index contributed by atoms with van der Waals surface area (Å²) in [5.74, 6) is 0. The van der Waals surface area contributed by atoms with E-state index in [4.69, 9.17) is 0 Å². The highest BCUT2D eigenvalue weighted by Gasteiger charge is 2.31. The van der Waals surface area contributed by atoms with Crippen molar-refractivity contribution >= 4 is 42.4 Å². The number of pyridine rings is 2. The van der Waals surface area contributed by atoms with E-state index in [0.717, 1.165) is 0 Å². The van der Waals surface area contributed by atoms with Gasteiger partial charge in [0.1, 0.15) is 10.9 Å². The molecule has 2 aromatic carbocycles. The van der Waals surface area contributed by atoms with Gasteiger partial charge < -0.3 is 0 Å². The van der Waals surface area contributed by atoms with Gasteiger partial charge in [0.05, 0.1) is 4.70 Å². The molecule has 0 fully saturated rings. The average Bonchev–Trinajstić information content (AvgIpc) is 3.10. The number of fused-ring (bicyclic) bond motifs is 3. The lowest BCUT2D eigenvalue weighted by Gasteiger charge is -2.08. The first kappa shape index (κ1) is 15.6. The molecular formula is C22H15N2S2+. The van der Waals surface area contributed by atoms with E-state index in [9.17, 15) is 0 Å². The van der Waals surface area contributed by atoms with Crippen LogP contribution >= 0.6 is 11.3 Å². The van der Waals surface area contributed by atoms with Crippen LogP contribution < -0.4 is 0 Å². The van der Waals surface area contributed by atoms with Gasteiger partial charge in [-0.3, -0.25) is 9.97 Å². The van der Waals surface area contributed by atoms with Crippen LogP contribution in [0.15, 0.2) is 106 Å². The number of aromatic nitrogens is 2. The molecule has 124 valence electrons. The van der Waals surface area contributed by atoms with Crippen molar-refractivity contribution < 1.29 is 0 Å². The van der Waals surface area contributed by atoms with Crippen molar-refractivity contribution in [3.05, 3.63) is 91.5 Å². The minimum atomic E-state index is -0.185. The van der Waals surface area contributed by atoms with E-state index in [0.29, 0.717) is 0 Å². The van der Waals surface area contributed by atoms with Crippen molar-refractivity contribution in [2.45, 2.75) is 14.7 Å². The Morgan fingerprint density at radius 1 is 0.615 bits per heavy atom. The summed E-state index contributed by atoms with van der Waals surface area (Å²) in [5, 5.41) is 2.67. The molecule has 0 unspecified atom stereocenters. The van der Waals surface area contributed by atoms with Crippen LogP contribution in [0, 0.1) is 0 Å². The van der Waals surface area contributed by atoms with Gasteiger partial charge >= 0.3 is 0 Å². The molecule has 0 bridgehead atoms. The minimum Gasteiger partial charge on any atom is -0.264 e. The van der Waals surface area contributed by atoms with Crippen LogP contribution in [0.1, 0.15) is 0 Å². The minimum absolute atomic E-state index is 0.185. The first-order valence-electron chi connectivity index (χ1n) is 8.36. The van der Waals surface area contributed by atoms with Crippen LogP contribution in [-0.4, -0.2) is 9.97 Å². The molecule has 0 amide bonds. The van der Waals surface area contributed by atoms with Crippen molar-refractivity contribution in [1.29, 1.82) is 0 Å². The molecule has 0 saturated carbocycles. The molecule has 2 nitrogen and oxygen atoms in total. The fraction of sp³-hybridized carbons (Fsp3) is 0. The number of benzene rings is 2. The van der Waals surface area contributed by atoms with Gasteiger partial charge in [0, 0.05) is 64.5 Å². The molecule has 0 saturated heterocycles. The predicted molar refractivity (Wildman–Crippen MR) is 110 cm³/mol. The lowest BCUT2D eigenvalue weighted by Crippen LogP contribution is -2.05. The van der Waals surface area contributed by atoms with E-state index in [1.165, 1.54) is 34.9 Å². The van der Waals surface area contributed by atoms with Gasteiger partial charge in [-0.2, -0.15) is 0 Å². The highest BCUT2D eigenvalue weighted by atomic mass is 32.2. The van der Waals surface area contributed by atoms with Crippen LogP contribution in [-0.2, 0) is 10.9 Å². The molecule has 0 atom stereocenters. The SMILES string of the molecule is c1ccc2c(c1)sc1c([S+](c3ccncc3)c3ccncc3)cccc12. The van der Waals surface area contributed by atoms with Gasteiger partial charge in [-0.1, -0.05) is 30.3 Å². The summed E-state index contributed by atoms with van der Waals surface area (Å²) < 4.78 is 2.70. The molecular weight excluding hydrogens is 356 g/mol. The highest BCUT2D eigenvalue weighted by molar-refractivity contribution is 7.97. The molecule has 3 heterocycles. The fourth-order valence-corrected chi connectivity index (χ4v) is 6.78. The highest BCUT2D eigenvalue weighted by Crippen LogP contribution is 2.41. The Morgan fingerprint density at radius 3 is 1.92 bits per heavy atom. The van der Waals surface area contributed by atoms with Gasteiger partial charge in [-0.25, -0.2) is 0 Å². The van der Waals surface area contributed by atoms with Gasteiger partial charge in [0.2, 0.25) is 0 Å². The quantitative estimate of drug-likeness (QED) is 0.367. The summed E-state index contributed by atoms with van der Waals surface area (Å²) in [5.41, 5.74) is 0. The zero-order chi connectivity index (χ0) is 17.3. The average molecular weight is 372 g/mol. The lowest BCUT2D eigenvalue weighted by atomic mass is 10.1. The molecule has 0 aliphatic heterocycles. The lowest BCUT2D eigenvalue weighted by molar-refractivity contribution is 1.22. The third-order valence-electron chi connectivity index (χ3n) is 4.36. The Bertz CT molecular complexity index is 1140. The second-order valence-electron chi connectivity index (χ2n) is 5.90.